The van der Waals surface area contributed by atoms with E-state index in [1.807, 2.05) is 30.3 Å². The minimum absolute atomic E-state index is 0.361. The van der Waals surface area contributed by atoms with Gasteiger partial charge in [0.2, 0.25) is 0 Å². The number of hydrogen-bond donors (Lipinski definition) is 0. The lowest BCUT2D eigenvalue weighted by Crippen LogP contribution is -1.89. The second kappa shape index (κ2) is 4.63. The van der Waals surface area contributed by atoms with Gasteiger partial charge in [0.15, 0.2) is 5.76 Å². The van der Waals surface area contributed by atoms with E-state index in [9.17, 15) is 8.60 Å². The van der Waals surface area contributed by atoms with Crippen LogP contribution >= 0.6 is 0 Å². The monoisotopic (exact) mass is 274 g/mol. The molecule has 0 bridgehead atoms. The first kappa shape index (κ1) is 12.1. The summed E-state index contributed by atoms with van der Waals surface area (Å²) in [7, 11) is -1.25. The number of fused-ring (bicyclic) bond motifs is 1. The van der Waals surface area contributed by atoms with E-state index in [4.69, 9.17) is 4.42 Å². The smallest absolute Gasteiger partial charge is 0.151 e. The van der Waals surface area contributed by atoms with Gasteiger partial charge < -0.3 is 4.42 Å². The molecule has 0 radical (unpaired) electrons. The highest BCUT2D eigenvalue weighted by atomic mass is 32.2. The van der Waals surface area contributed by atoms with E-state index in [2.05, 4.69) is 0 Å². The SMILES string of the molecule is C[S@@](=O)c1c(-c2ccccc2)oc2ccc(F)cc12. The van der Waals surface area contributed by atoms with Crippen LogP contribution in [-0.4, -0.2) is 10.5 Å². The van der Waals surface area contributed by atoms with Gasteiger partial charge in [-0.3, -0.25) is 4.21 Å². The first-order valence-corrected chi connectivity index (χ1v) is 7.33. The summed E-state index contributed by atoms with van der Waals surface area (Å²) in [4.78, 5) is 0.542. The van der Waals surface area contributed by atoms with Gasteiger partial charge in [-0.05, 0) is 18.2 Å². The average Bonchev–Trinajstić information content (AvgIpc) is 2.78. The van der Waals surface area contributed by atoms with Crippen molar-refractivity contribution in [3.8, 4) is 11.3 Å². The third-order valence-corrected chi connectivity index (χ3v) is 3.91. The third kappa shape index (κ3) is 2.08. The lowest BCUT2D eigenvalue weighted by molar-refractivity contribution is 0.615. The maximum absolute atomic E-state index is 13.4. The summed E-state index contributed by atoms with van der Waals surface area (Å²) >= 11 is 0. The molecule has 0 saturated heterocycles. The Kier molecular flexibility index (Phi) is 2.95. The topological polar surface area (TPSA) is 30.2 Å². The predicted octanol–water partition coefficient (Wildman–Crippen LogP) is 3.98. The minimum Gasteiger partial charge on any atom is -0.455 e. The van der Waals surface area contributed by atoms with Crippen LogP contribution in [0.25, 0.3) is 22.3 Å². The first-order valence-electron chi connectivity index (χ1n) is 5.77. The average molecular weight is 274 g/mol. The maximum atomic E-state index is 13.4. The van der Waals surface area contributed by atoms with Crippen molar-refractivity contribution in [2.24, 2.45) is 0 Å². The molecule has 0 aliphatic rings. The molecule has 3 aromatic rings. The molecule has 3 rings (SSSR count). The summed E-state index contributed by atoms with van der Waals surface area (Å²) in [5, 5.41) is 0.569. The van der Waals surface area contributed by atoms with Crippen LogP contribution < -0.4 is 0 Å². The summed E-state index contributed by atoms with van der Waals surface area (Å²) < 4.78 is 31.0. The Bertz CT molecular complexity index is 762. The van der Waals surface area contributed by atoms with Crippen LogP contribution in [0.5, 0.6) is 0 Å². The molecule has 4 heteroatoms. The van der Waals surface area contributed by atoms with E-state index in [0.29, 0.717) is 21.6 Å². The molecule has 2 aromatic carbocycles. The van der Waals surface area contributed by atoms with Crippen molar-refractivity contribution in [3.63, 3.8) is 0 Å². The Hall–Kier alpha value is -1.94. The van der Waals surface area contributed by atoms with Gasteiger partial charge in [-0.1, -0.05) is 30.3 Å². The predicted molar refractivity (Wildman–Crippen MR) is 73.9 cm³/mol. The molecule has 0 saturated carbocycles. The summed E-state index contributed by atoms with van der Waals surface area (Å²) in [5.74, 6) is 0.182. The number of halogens is 1. The van der Waals surface area contributed by atoms with Crippen molar-refractivity contribution in [2.45, 2.75) is 4.90 Å². The lowest BCUT2D eigenvalue weighted by Gasteiger charge is -1.99. The Morgan fingerprint density at radius 1 is 1.11 bits per heavy atom. The van der Waals surface area contributed by atoms with Crippen LogP contribution in [0.4, 0.5) is 4.39 Å². The molecule has 2 nitrogen and oxygen atoms in total. The Labute approximate surface area is 112 Å². The van der Waals surface area contributed by atoms with E-state index in [1.165, 1.54) is 12.1 Å². The molecule has 1 heterocycles. The minimum atomic E-state index is -1.25. The van der Waals surface area contributed by atoms with Crippen molar-refractivity contribution >= 4 is 21.8 Å². The van der Waals surface area contributed by atoms with Gasteiger partial charge >= 0.3 is 0 Å². The molecule has 0 fully saturated rings. The lowest BCUT2D eigenvalue weighted by atomic mass is 10.1. The Morgan fingerprint density at radius 2 is 1.84 bits per heavy atom. The zero-order chi connectivity index (χ0) is 13.4. The second-order valence-electron chi connectivity index (χ2n) is 4.22. The van der Waals surface area contributed by atoms with Crippen LogP contribution in [0.1, 0.15) is 0 Å². The molecular formula is C15H11FO2S. The summed E-state index contributed by atoms with van der Waals surface area (Å²) in [6, 6.07) is 13.7. The molecule has 96 valence electrons. The van der Waals surface area contributed by atoms with Gasteiger partial charge in [-0.2, -0.15) is 0 Å². The van der Waals surface area contributed by atoms with Crippen LogP contribution in [0.15, 0.2) is 57.8 Å². The number of hydrogen-bond acceptors (Lipinski definition) is 2. The van der Waals surface area contributed by atoms with Crippen molar-refractivity contribution in [1.82, 2.24) is 0 Å². The molecule has 1 aromatic heterocycles. The third-order valence-electron chi connectivity index (χ3n) is 2.93. The van der Waals surface area contributed by atoms with Crippen molar-refractivity contribution in [2.75, 3.05) is 6.26 Å². The summed E-state index contributed by atoms with van der Waals surface area (Å²) in [6.45, 7) is 0. The molecule has 0 spiro atoms. The van der Waals surface area contributed by atoms with Gasteiger partial charge in [0.05, 0.1) is 15.7 Å². The van der Waals surface area contributed by atoms with Gasteiger partial charge in [0.1, 0.15) is 11.4 Å². The molecule has 0 unspecified atom stereocenters. The fourth-order valence-electron chi connectivity index (χ4n) is 2.11. The molecule has 1 atom stereocenters. The molecule has 0 N–H and O–H groups in total. The van der Waals surface area contributed by atoms with Crippen LogP contribution in [0, 0.1) is 5.82 Å². The van der Waals surface area contributed by atoms with E-state index < -0.39 is 10.8 Å². The van der Waals surface area contributed by atoms with Gasteiger partial charge in [-0.15, -0.1) is 0 Å². The largest absolute Gasteiger partial charge is 0.455 e. The highest BCUT2D eigenvalue weighted by Crippen LogP contribution is 2.35. The normalized spacial score (nSPS) is 12.7. The second-order valence-corrected chi connectivity index (χ2v) is 5.54. The van der Waals surface area contributed by atoms with Crippen molar-refractivity contribution in [3.05, 3.63) is 54.3 Å². The van der Waals surface area contributed by atoms with Crippen LogP contribution in [-0.2, 0) is 10.8 Å². The number of benzene rings is 2. The van der Waals surface area contributed by atoms with Crippen LogP contribution in [0.3, 0.4) is 0 Å². The highest BCUT2D eigenvalue weighted by Gasteiger charge is 2.18. The fraction of sp³-hybridized carbons (Fsp3) is 0.0667. The molecular weight excluding hydrogens is 263 g/mol. The number of rotatable bonds is 2. The quantitative estimate of drug-likeness (QED) is 0.707. The standard InChI is InChI=1S/C15H11FO2S/c1-19(17)15-12-9-11(16)7-8-13(12)18-14(15)10-5-3-2-4-6-10/h2-9H,1H3/t19-/m1/s1. The highest BCUT2D eigenvalue weighted by molar-refractivity contribution is 7.84. The van der Waals surface area contributed by atoms with Crippen molar-refractivity contribution < 1.29 is 13.0 Å². The Morgan fingerprint density at radius 3 is 2.53 bits per heavy atom. The van der Waals surface area contributed by atoms with E-state index in [1.54, 1.807) is 12.3 Å². The molecule has 19 heavy (non-hydrogen) atoms. The van der Waals surface area contributed by atoms with Crippen molar-refractivity contribution in [1.29, 1.82) is 0 Å². The van der Waals surface area contributed by atoms with Gasteiger partial charge in [0, 0.05) is 17.2 Å². The maximum Gasteiger partial charge on any atom is 0.151 e. The van der Waals surface area contributed by atoms with E-state index in [0.717, 1.165) is 5.56 Å². The van der Waals surface area contributed by atoms with Crippen LogP contribution in [0.2, 0.25) is 0 Å². The number of furan rings is 1. The first-order chi connectivity index (χ1) is 9.16. The van der Waals surface area contributed by atoms with Gasteiger partial charge in [-0.25, -0.2) is 4.39 Å². The summed E-state index contributed by atoms with van der Waals surface area (Å²) in [6.07, 6.45) is 1.57. The van der Waals surface area contributed by atoms with E-state index in [-0.39, 0.29) is 5.82 Å². The van der Waals surface area contributed by atoms with Gasteiger partial charge in [0.25, 0.3) is 0 Å². The summed E-state index contributed by atoms with van der Waals surface area (Å²) in [5.41, 5.74) is 1.38. The fourth-order valence-corrected chi connectivity index (χ4v) is 3.00. The van der Waals surface area contributed by atoms with E-state index >= 15 is 0 Å². The zero-order valence-electron chi connectivity index (χ0n) is 10.2. The zero-order valence-corrected chi connectivity index (χ0v) is 11.0. The molecule has 0 amide bonds. The molecule has 0 aliphatic heterocycles. The Balaban J connectivity index is 2.36. The molecule has 0 aliphatic carbocycles.